The van der Waals surface area contributed by atoms with Crippen LogP contribution >= 0.6 is 11.3 Å². The Morgan fingerprint density at radius 2 is 1.81 bits per heavy atom. The lowest BCUT2D eigenvalue weighted by Gasteiger charge is -2.09. The Hall–Kier alpha value is -3.18. The first-order valence-corrected chi connectivity index (χ1v) is 9.82. The van der Waals surface area contributed by atoms with Crippen molar-refractivity contribution in [2.24, 2.45) is 0 Å². The van der Waals surface area contributed by atoms with Crippen molar-refractivity contribution >= 4 is 44.9 Å². The van der Waals surface area contributed by atoms with Gasteiger partial charge in [0.1, 0.15) is 17.1 Å². The standard InChI is InChI=1S/C20H18F3N3O4S/c1-11-14-6-7-15(20(21,22)23)26-18(14)31-16(11)17(27)24-12-4-3-5-13(10-12)25-19(28)30-9-8-29-2/h3-7,10H,8-9H2,1-2H3,(H,24,27)(H,25,28). The van der Waals surface area contributed by atoms with Crippen LogP contribution in [0.2, 0.25) is 0 Å². The summed E-state index contributed by atoms with van der Waals surface area (Å²) in [5.74, 6) is -0.492. The fraction of sp³-hybridized carbons (Fsp3) is 0.250. The van der Waals surface area contributed by atoms with E-state index in [-0.39, 0.29) is 22.9 Å². The second kappa shape index (κ2) is 9.31. The van der Waals surface area contributed by atoms with Crippen molar-refractivity contribution in [2.45, 2.75) is 13.1 Å². The van der Waals surface area contributed by atoms with Crippen molar-refractivity contribution in [1.29, 1.82) is 0 Å². The minimum absolute atomic E-state index is 0.0913. The van der Waals surface area contributed by atoms with Gasteiger partial charge in [-0.1, -0.05) is 6.07 Å². The zero-order valence-electron chi connectivity index (χ0n) is 16.5. The van der Waals surface area contributed by atoms with Crippen LogP contribution in [0.3, 0.4) is 0 Å². The number of rotatable bonds is 6. The van der Waals surface area contributed by atoms with E-state index in [2.05, 4.69) is 15.6 Å². The summed E-state index contributed by atoms with van der Waals surface area (Å²) >= 11 is 0.883. The first-order valence-electron chi connectivity index (χ1n) is 9.00. The summed E-state index contributed by atoms with van der Waals surface area (Å²) in [7, 11) is 1.48. The first-order chi connectivity index (χ1) is 14.7. The monoisotopic (exact) mass is 453 g/mol. The zero-order valence-corrected chi connectivity index (χ0v) is 17.3. The molecule has 0 aliphatic heterocycles. The number of pyridine rings is 1. The number of amides is 2. The van der Waals surface area contributed by atoms with Crippen LogP contribution in [0.25, 0.3) is 10.2 Å². The number of aromatic nitrogens is 1. The maximum atomic E-state index is 12.9. The van der Waals surface area contributed by atoms with Gasteiger partial charge in [0.2, 0.25) is 0 Å². The van der Waals surface area contributed by atoms with Gasteiger partial charge in [0.25, 0.3) is 5.91 Å². The number of carbonyl (C=O) groups is 2. The molecule has 1 aromatic carbocycles. The smallest absolute Gasteiger partial charge is 0.433 e. The van der Waals surface area contributed by atoms with Crippen molar-refractivity contribution in [1.82, 2.24) is 4.98 Å². The molecule has 0 bridgehead atoms. The van der Waals surface area contributed by atoms with Gasteiger partial charge in [0.05, 0.1) is 11.5 Å². The number of aryl methyl sites for hydroxylation is 1. The normalized spacial score (nSPS) is 11.4. The molecule has 31 heavy (non-hydrogen) atoms. The highest BCUT2D eigenvalue weighted by Crippen LogP contribution is 2.34. The van der Waals surface area contributed by atoms with Gasteiger partial charge in [-0.25, -0.2) is 9.78 Å². The summed E-state index contributed by atoms with van der Waals surface area (Å²) in [4.78, 5) is 28.5. The maximum absolute atomic E-state index is 12.9. The van der Waals surface area contributed by atoms with Crippen LogP contribution in [0.5, 0.6) is 0 Å². The molecule has 2 aromatic heterocycles. The first kappa shape index (κ1) is 22.5. The third-order valence-corrected chi connectivity index (χ3v) is 5.39. The molecule has 164 valence electrons. The lowest BCUT2D eigenvalue weighted by molar-refractivity contribution is -0.140. The Bertz CT molecular complexity index is 1110. The number of alkyl halides is 3. The lowest BCUT2D eigenvalue weighted by atomic mass is 10.1. The van der Waals surface area contributed by atoms with Crippen molar-refractivity contribution in [3.05, 3.63) is 52.5 Å². The van der Waals surface area contributed by atoms with E-state index in [4.69, 9.17) is 9.47 Å². The van der Waals surface area contributed by atoms with Gasteiger partial charge < -0.3 is 14.8 Å². The quantitative estimate of drug-likeness (QED) is 0.509. The Balaban J connectivity index is 1.75. The van der Waals surface area contributed by atoms with Crippen molar-refractivity contribution < 1.29 is 32.2 Å². The molecule has 0 unspecified atom stereocenters. The second-order valence-electron chi connectivity index (χ2n) is 6.39. The van der Waals surface area contributed by atoms with Crippen LogP contribution in [-0.2, 0) is 15.7 Å². The molecule has 0 radical (unpaired) electrons. The molecule has 2 amide bonds. The minimum atomic E-state index is -4.56. The number of benzene rings is 1. The van der Waals surface area contributed by atoms with Gasteiger partial charge in [-0.3, -0.25) is 10.1 Å². The molecular weight excluding hydrogens is 435 g/mol. The average Bonchev–Trinajstić information content (AvgIpc) is 3.04. The molecule has 2 heterocycles. The average molecular weight is 453 g/mol. The fourth-order valence-electron chi connectivity index (χ4n) is 2.71. The summed E-state index contributed by atoms with van der Waals surface area (Å²) in [5, 5.41) is 5.69. The highest BCUT2D eigenvalue weighted by atomic mass is 32.1. The number of halogens is 3. The third kappa shape index (κ3) is 5.50. The third-order valence-electron chi connectivity index (χ3n) is 4.19. The summed E-state index contributed by atoms with van der Waals surface area (Å²) in [5.41, 5.74) is 0.310. The van der Waals surface area contributed by atoms with Gasteiger partial charge in [-0.2, -0.15) is 13.2 Å². The number of hydrogen-bond donors (Lipinski definition) is 2. The number of nitrogens with zero attached hydrogens (tertiary/aromatic N) is 1. The second-order valence-corrected chi connectivity index (χ2v) is 7.39. The van der Waals surface area contributed by atoms with E-state index in [0.29, 0.717) is 22.3 Å². The van der Waals surface area contributed by atoms with Crippen LogP contribution in [0.15, 0.2) is 36.4 Å². The topological polar surface area (TPSA) is 89.5 Å². The molecule has 0 saturated heterocycles. The number of fused-ring (bicyclic) bond motifs is 1. The Morgan fingerprint density at radius 1 is 1.10 bits per heavy atom. The van der Waals surface area contributed by atoms with Crippen LogP contribution in [0.1, 0.15) is 20.9 Å². The van der Waals surface area contributed by atoms with Crippen molar-refractivity contribution in [3.8, 4) is 0 Å². The summed E-state index contributed by atoms with van der Waals surface area (Å²) in [6.07, 6.45) is -5.24. The predicted octanol–water partition coefficient (Wildman–Crippen LogP) is 5.07. The van der Waals surface area contributed by atoms with Crippen molar-refractivity contribution in [3.63, 3.8) is 0 Å². The van der Waals surface area contributed by atoms with Crippen molar-refractivity contribution in [2.75, 3.05) is 31.0 Å². The molecule has 11 heteroatoms. The molecule has 2 N–H and O–H groups in total. The van der Waals surface area contributed by atoms with Gasteiger partial charge in [-0.15, -0.1) is 11.3 Å². The van der Waals surface area contributed by atoms with Gasteiger partial charge in [0, 0.05) is 23.9 Å². The van der Waals surface area contributed by atoms with E-state index in [9.17, 15) is 22.8 Å². The Kier molecular flexibility index (Phi) is 6.76. The lowest BCUT2D eigenvalue weighted by Crippen LogP contribution is -2.16. The SMILES string of the molecule is COCCOC(=O)Nc1cccc(NC(=O)c2sc3nc(C(F)(F)F)ccc3c2C)c1. The number of hydrogen-bond acceptors (Lipinski definition) is 6. The van der Waals surface area contributed by atoms with E-state index in [1.54, 1.807) is 25.1 Å². The van der Waals surface area contributed by atoms with Crippen LogP contribution in [0, 0.1) is 6.92 Å². The van der Waals surface area contributed by atoms with E-state index in [1.165, 1.54) is 19.2 Å². The number of anilines is 2. The highest BCUT2D eigenvalue weighted by molar-refractivity contribution is 7.20. The van der Waals surface area contributed by atoms with Gasteiger partial charge in [-0.05, 0) is 42.8 Å². The molecule has 0 atom stereocenters. The number of ether oxygens (including phenoxy) is 2. The van der Waals surface area contributed by atoms with E-state index in [0.717, 1.165) is 17.4 Å². The van der Waals surface area contributed by atoms with Gasteiger partial charge in [0.15, 0.2) is 0 Å². The molecule has 0 aliphatic carbocycles. The largest absolute Gasteiger partial charge is 0.447 e. The number of nitrogens with one attached hydrogen (secondary N) is 2. The van der Waals surface area contributed by atoms with Gasteiger partial charge >= 0.3 is 12.3 Å². The summed E-state index contributed by atoms with van der Waals surface area (Å²) in [6.45, 7) is 2.00. The Labute approximate surface area is 179 Å². The van der Waals surface area contributed by atoms with E-state index >= 15 is 0 Å². The van der Waals surface area contributed by atoms with Crippen LogP contribution < -0.4 is 10.6 Å². The predicted molar refractivity (Wildman–Crippen MR) is 111 cm³/mol. The summed E-state index contributed by atoms with van der Waals surface area (Å²) in [6, 6.07) is 8.58. The van der Waals surface area contributed by atoms with Crippen LogP contribution in [0.4, 0.5) is 29.3 Å². The number of thiophene rings is 1. The molecule has 0 aliphatic rings. The van der Waals surface area contributed by atoms with Crippen LogP contribution in [-0.4, -0.2) is 37.3 Å². The highest BCUT2D eigenvalue weighted by Gasteiger charge is 2.33. The maximum Gasteiger partial charge on any atom is 0.433 e. The molecule has 0 saturated carbocycles. The van der Waals surface area contributed by atoms with E-state index in [1.807, 2.05) is 0 Å². The minimum Gasteiger partial charge on any atom is -0.447 e. The molecule has 0 fully saturated rings. The number of carbonyl (C=O) groups excluding carboxylic acids is 2. The zero-order chi connectivity index (χ0) is 22.6. The van der Waals surface area contributed by atoms with E-state index < -0.39 is 23.9 Å². The fourth-order valence-corrected chi connectivity index (χ4v) is 3.78. The molecule has 3 rings (SSSR count). The summed E-state index contributed by atoms with van der Waals surface area (Å²) < 4.78 is 48.4. The molecule has 7 nitrogen and oxygen atoms in total. The molecule has 0 spiro atoms. The molecule has 3 aromatic rings. The Morgan fingerprint density at radius 3 is 2.48 bits per heavy atom. The molecular formula is C20H18F3N3O4S. The number of methoxy groups -OCH3 is 1.